The molecule has 52 heavy (non-hydrogen) atoms. The molecule has 0 amide bonds. The first-order chi connectivity index (χ1) is 25.2. The molecule has 1 atom stereocenters. The zero-order chi connectivity index (χ0) is 36.9. The summed E-state index contributed by atoms with van der Waals surface area (Å²) in [5.41, 5.74) is 5.72. The Morgan fingerprint density at radius 1 is 0.923 bits per heavy atom. The van der Waals surface area contributed by atoms with Crippen molar-refractivity contribution in [3.8, 4) is 22.5 Å². The fourth-order valence-electron chi connectivity index (χ4n) is 5.85. The Hall–Kier alpha value is -6.26. The van der Waals surface area contributed by atoms with E-state index in [2.05, 4.69) is 41.8 Å². The van der Waals surface area contributed by atoms with Gasteiger partial charge in [-0.3, -0.25) is 9.59 Å². The van der Waals surface area contributed by atoms with Crippen molar-refractivity contribution in [1.29, 1.82) is 0 Å². The minimum atomic E-state index is -1.13. The number of ketones is 1. The predicted octanol–water partition coefficient (Wildman–Crippen LogP) is 5.74. The molecule has 1 unspecified atom stereocenters. The lowest BCUT2D eigenvalue weighted by molar-refractivity contribution is -0.790. The van der Waals surface area contributed by atoms with Gasteiger partial charge in [0.2, 0.25) is 5.82 Å². The van der Waals surface area contributed by atoms with E-state index in [1.54, 1.807) is 12.1 Å². The largest absolute Gasteiger partial charge is 0.466 e. The van der Waals surface area contributed by atoms with Crippen LogP contribution < -0.4 is 0 Å². The van der Waals surface area contributed by atoms with Gasteiger partial charge in [0.25, 0.3) is 10.2 Å². The number of unbranched alkanes of at least 4 members (excludes halogenated alkanes) is 2. The quantitative estimate of drug-likeness (QED) is 0.0315. The highest BCUT2D eigenvalue weighted by atomic mass is 17.0. The van der Waals surface area contributed by atoms with E-state index in [0.717, 1.165) is 47.3 Å². The number of aromatic amines is 1. The average Bonchev–Trinajstić information content (AvgIpc) is 3.80. The van der Waals surface area contributed by atoms with Gasteiger partial charge in [0, 0.05) is 30.5 Å². The van der Waals surface area contributed by atoms with Gasteiger partial charge in [0.15, 0.2) is 5.78 Å². The van der Waals surface area contributed by atoms with E-state index in [0.29, 0.717) is 41.8 Å². The van der Waals surface area contributed by atoms with Crippen LogP contribution in [0.25, 0.3) is 33.5 Å². The maximum atomic E-state index is 13.6. The average molecular weight is 715 g/mol. The van der Waals surface area contributed by atoms with Gasteiger partial charge >= 0.3 is 5.97 Å². The molecule has 0 saturated heterocycles. The van der Waals surface area contributed by atoms with Gasteiger partial charge in [0.1, 0.15) is 18.5 Å². The summed E-state index contributed by atoms with van der Waals surface area (Å²) in [6.07, 6.45) is 2.06. The van der Waals surface area contributed by atoms with Crippen LogP contribution in [0.4, 0.5) is 0 Å². The smallest absolute Gasteiger partial charge is 0.306 e. The summed E-state index contributed by atoms with van der Waals surface area (Å²) in [5.74, 6) is 0.600. The summed E-state index contributed by atoms with van der Waals surface area (Å²) in [6.45, 7) is 2.02. The lowest BCUT2D eigenvalue weighted by Gasteiger charge is -2.13. The molecule has 0 spiro atoms. The van der Waals surface area contributed by atoms with Crippen LogP contribution in [0.5, 0.6) is 0 Å². The van der Waals surface area contributed by atoms with Gasteiger partial charge in [-0.2, -0.15) is 5.21 Å². The Labute approximate surface area is 297 Å². The Balaban J connectivity index is 1.23. The van der Waals surface area contributed by atoms with Crippen molar-refractivity contribution in [1.82, 2.24) is 30.2 Å². The van der Waals surface area contributed by atoms with E-state index in [9.17, 15) is 29.8 Å². The number of rotatable bonds is 21. The maximum Gasteiger partial charge on any atom is 0.306 e. The molecule has 0 saturated carbocycles. The van der Waals surface area contributed by atoms with Gasteiger partial charge in [-0.25, -0.2) is 4.98 Å². The molecule has 1 N–H and O–H groups in total. The molecule has 17 nitrogen and oxygen atoms in total. The van der Waals surface area contributed by atoms with Crippen molar-refractivity contribution in [2.24, 2.45) is 0 Å². The number of ether oxygens (including phenoxy) is 1. The Kier molecular flexibility index (Phi) is 12.9. The highest BCUT2D eigenvalue weighted by Gasteiger charge is 2.20. The molecule has 0 aliphatic carbocycles. The summed E-state index contributed by atoms with van der Waals surface area (Å²) in [6, 6.07) is 21.4. The molecule has 0 aliphatic rings. The number of benzene rings is 3. The topological polar surface area (TPSA) is 220 Å². The van der Waals surface area contributed by atoms with Crippen LogP contribution in [-0.4, -0.2) is 71.4 Å². The Morgan fingerprint density at radius 3 is 2.42 bits per heavy atom. The molecule has 2 aromatic heterocycles. The summed E-state index contributed by atoms with van der Waals surface area (Å²) in [7, 11) is 0. The van der Waals surface area contributed by atoms with Crippen molar-refractivity contribution >= 4 is 22.8 Å². The van der Waals surface area contributed by atoms with E-state index >= 15 is 0 Å². The van der Waals surface area contributed by atoms with Crippen LogP contribution >= 0.6 is 0 Å². The SMILES string of the molecule is CCCCc1nc2cccc(C(=O)CCC(=O)OCCCCC(CO[N+](=O)[O-])O[N+](=O)[O-])c2n1Cc1ccc(-c2ccccc2-c2nn[nH]n2)cc1. The molecule has 272 valence electrons. The molecule has 3 aromatic carbocycles. The van der Waals surface area contributed by atoms with Crippen LogP contribution in [0, 0.1) is 20.2 Å². The number of carbonyl (C=O) groups excluding carboxylic acids is 2. The minimum absolute atomic E-state index is 0.0128. The Morgan fingerprint density at radius 2 is 1.71 bits per heavy atom. The fraction of sp³-hybridized carbons (Fsp3) is 0.371. The lowest BCUT2D eigenvalue weighted by atomic mass is 9.98. The highest BCUT2D eigenvalue weighted by Crippen LogP contribution is 2.31. The first-order valence-electron chi connectivity index (χ1n) is 16.9. The fourth-order valence-corrected chi connectivity index (χ4v) is 5.85. The maximum absolute atomic E-state index is 13.6. The Bertz CT molecular complexity index is 1980. The number of tetrazole rings is 1. The second-order valence-electron chi connectivity index (χ2n) is 12.0. The molecular weight excluding hydrogens is 676 g/mol. The van der Waals surface area contributed by atoms with Gasteiger partial charge in [-0.05, 0) is 59.7 Å². The van der Waals surface area contributed by atoms with Crippen LogP contribution in [0.1, 0.15) is 73.6 Å². The standard InChI is InChI=1S/C35H38N8O9/c1-2-3-14-32-36-30-13-8-12-29(31(44)19-20-33(45)50-21-7-6-9-26(52-43(48)49)23-51-42(46)47)34(30)41(32)22-24-15-17-25(18-16-24)27-10-4-5-11-28(27)35-37-39-40-38-35/h4-5,8,10-13,15-18,26H,2-3,6-7,9,14,19-23H2,1H3,(H,37,38,39,40). The third-order valence-corrected chi connectivity index (χ3v) is 8.36. The number of nitrogens with zero attached hydrogens (tertiary/aromatic N) is 7. The summed E-state index contributed by atoms with van der Waals surface area (Å²) in [5, 5.41) is 33.4. The summed E-state index contributed by atoms with van der Waals surface area (Å²) < 4.78 is 7.35. The molecule has 0 fully saturated rings. The number of para-hydroxylation sites is 1. The number of hydrogen-bond donors (Lipinski definition) is 1. The van der Waals surface area contributed by atoms with Crippen molar-refractivity contribution in [2.45, 2.75) is 70.9 Å². The molecule has 17 heteroatoms. The van der Waals surface area contributed by atoms with Gasteiger partial charge in [0.05, 0.1) is 24.1 Å². The number of H-pyrrole nitrogens is 1. The van der Waals surface area contributed by atoms with E-state index < -0.39 is 28.9 Å². The second-order valence-corrected chi connectivity index (χ2v) is 12.0. The first-order valence-corrected chi connectivity index (χ1v) is 16.9. The highest BCUT2D eigenvalue weighted by molar-refractivity contribution is 6.07. The van der Waals surface area contributed by atoms with Crippen LogP contribution in [0.2, 0.25) is 0 Å². The van der Waals surface area contributed by atoms with E-state index in [-0.39, 0.29) is 31.7 Å². The van der Waals surface area contributed by atoms with Crippen molar-refractivity contribution in [2.75, 3.05) is 13.2 Å². The number of carbonyl (C=O) groups is 2. The number of Topliss-reactive ketones (excluding diaryl/α,β-unsaturated/α-hetero) is 1. The minimum Gasteiger partial charge on any atom is -0.466 e. The molecule has 0 bridgehead atoms. The zero-order valence-corrected chi connectivity index (χ0v) is 28.5. The van der Waals surface area contributed by atoms with E-state index in [4.69, 9.17) is 9.72 Å². The van der Waals surface area contributed by atoms with E-state index in [1.807, 2.05) is 54.6 Å². The number of hydrogen-bond acceptors (Lipinski definition) is 13. The molecule has 5 rings (SSSR count). The van der Waals surface area contributed by atoms with Crippen molar-refractivity contribution < 1.29 is 34.2 Å². The third-order valence-electron chi connectivity index (χ3n) is 8.36. The zero-order valence-electron chi connectivity index (χ0n) is 28.5. The van der Waals surface area contributed by atoms with Crippen molar-refractivity contribution in [3.05, 3.63) is 104 Å². The monoisotopic (exact) mass is 714 g/mol. The molecule has 0 radical (unpaired) electrons. The van der Waals surface area contributed by atoms with Gasteiger partial charge in [-0.15, -0.1) is 30.4 Å². The van der Waals surface area contributed by atoms with E-state index in [1.165, 1.54) is 0 Å². The third kappa shape index (κ3) is 9.92. The number of aromatic nitrogens is 6. The molecule has 0 aliphatic heterocycles. The molecular formula is C35H38N8O9. The van der Waals surface area contributed by atoms with Gasteiger partial charge < -0.3 is 19.0 Å². The number of imidazole rings is 1. The van der Waals surface area contributed by atoms with Crippen molar-refractivity contribution in [3.63, 3.8) is 0 Å². The molecule has 5 aromatic rings. The first kappa shape index (κ1) is 37.0. The number of aryl methyl sites for hydroxylation is 1. The van der Waals surface area contributed by atoms with Crippen LogP contribution in [-0.2, 0) is 32.2 Å². The van der Waals surface area contributed by atoms with Gasteiger partial charge in [-0.1, -0.05) is 67.9 Å². The second kappa shape index (κ2) is 18.1. The van der Waals surface area contributed by atoms with Crippen LogP contribution in [0.3, 0.4) is 0 Å². The summed E-state index contributed by atoms with van der Waals surface area (Å²) in [4.78, 5) is 60.6. The molecule has 2 heterocycles. The number of nitrogens with one attached hydrogen (secondary N) is 1. The lowest BCUT2D eigenvalue weighted by Crippen LogP contribution is -2.24. The number of esters is 1. The summed E-state index contributed by atoms with van der Waals surface area (Å²) >= 11 is 0. The predicted molar refractivity (Wildman–Crippen MR) is 186 cm³/mol. The number of fused-ring (bicyclic) bond motifs is 1. The van der Waals surface area contributed by atoms with Crippen LogP contribution in [0.15, 0.2) is 66.7 Å². The normalized spacial score (nSPS) is 11.6.